The van der Waals surface area contributed by atoms with Crippen LogP contribution in [0.2, 0.25) is 0 Å². The minimum Gasteiger partial charge on any atom is -0.443 e. The van der Waals surface area contributed by atoms with Crippen LogP contribution in [0.1, 0.15) is 27.7 Å². The maximum atomic E-state index is 13.1. The first-order valence-corrected chi connectivity index (χ1v) is 9.82. The molecule has 1 amide bonds. The third kappa shape index (κ3) is 4.34. The average molecular weight is 429 g/mol. The number of para-hydroxylation sites is 1. The van der Waals surface area contributed by atoms with Gasteiger partial charge in [-0.15, -0.1) is 0 Å². The van der Waals surface area contributed by atoms with Crippen LogP contribution in [-0.2, 0) is 9.53 Å². The van der Waals surface area contributed by atoms with Gasteiger partial charge in [0.15, 0.2) is 0 Å². The van der Waals surface area contributed by atoms with E-state index in [9.17, 15) is 19.7 Å². The van der Waals surface area contributed by atoms with E-state index in [-0.39, 0.29) is 17.1 Å². The number of fused-ring (bicyclic) bond motifs is 1. The number of carbonyl (C=O) groups is 2. The minimum atomic E-state index is -1.31. The molecule has 8 heteroatoms. The second-order valence-electron chi connectivity index (χ2n) is 7.23. The first-order valence-electron chi connectivity index (χ1n) is 9.82. The lowest BCUT2D eigenvalue weighted by atomic mass is 10.1. The van der Waals surface area contributed by atoms with Crippen LogP contribution in [0.5, 0.6) is 0 Å². The van der Waals surface area contributed by atoms with Gasteiger partial charge < -0.3 is 15.0 Å². The predicted octanol–water partition coefficient (Wildman–Crippen LogP) is 4.92. The fraction of sp³-hybridized carbons (Fsp3) is 0.0833. The molecule has 0 spiro atoms. The van der Waals surface area contributed by atoms with Gasteiger partial charge in [-0.25, -0.2) is 4.79 Å². The summed E-state index contributed by atoms with van der Waals surface area (Å²) in [5.74, 6) is -1.42. The first kappa shape index (κ1) is 20.8. The van der Waals surface area contributed by atoms with Gasteiger partial charge in [-0.1, -0.05) is 54.6 Å². The summed E-state index contributed by atoms with van der Waals surface area (Å²) in [4.78, 5) is 39.7. The summed E-state index contributed by atoms with van der Waals surface area (Å²) < 4.78 is 5.56. The molecular formula is C24H19N3O5. The second kappa shape index (κ2) is 8.73. The Morgan fingerprint density at radius 2 is 1.72 bits per heavy atom. The van der Waals surface area contributed by atoms with Gasteiger partial charge in [-0.05, 0) is 30.7 Å². The van der Waals surface area contributed by atoms with Gasteiger partial charge in [-0.3, -0.25) is 14.9 Å². The molecule has 0 saturated carbocycles. The molecule has 0 aliphatic rings. The Labute approximate surface area is 183 Å². The minimum absolute atomic E-state index is 0.0215. The molecule has 1 heterocycles. The second-order valence-corrected chi connectivity index (χ2v) is 7.23. The number of aromatic nitrogens is 1. The maximum absolute atomic E-state index is 13.1. The lowest BCUT2D eigenvalue weighted by Crippen LogP contribution is -2.26. The monoisotopic (exact) mass is 429 g/mol. The number of amides is 1. The molecule has 0 aliphatic carbocycles. The van der Waals surface area contributed by atoms with Crippen LogP contribution >= 0.6 is 0 Å². The van der Waals surface area contributed by atoms with Crippen molar-refractivity contribution in [3.8, 4) is 0 Å². The molecule has 3 aromatic carbocycles. The quantitative estimate of drug-likeness (QED) is 0.256. The Balaban J connectivity index is 1.63. The summed E-state index contributed by atoms with van der Waals surface area (Å²) in [5, 5.41) is 14.8. The number of aryl methyl sites for hydroxylation is 1. The van der Waals surface area contributed by atoms with E-state index < -0.39 is 22.9 Å². The van der Waals surface area contributed by atoms with Crippen LogP contribution < -0.4 is 5.32 Å². The third-order valence-electron chi connectivity index (χ3n) is 4.92. The number of anilines is 1. The zero-order chi connectivity index (χ0) is 22.7. The van der Waals surface area contributed by atoms with Crippen molar-refractivity contribution in [1.29, 1.82) is 0 Å². The van der Waals surface area contributed by atoms with E-state index in [1.807, 2.05) is 24.3 Å². The van der Waals surface area contributed by atoms with E-state index in [2.05, 4.69) is 10.3 Å². The van der Waals surface area contributed by atoms with E-state index in [0.29, 0.717) is 11.1 Å². The van der Waals surface area contributed by atoms with Crippen LogP contribution in [0.25, 0.3) is 10.9 Å². The Morgan fingerprint density at radius 3 is 2.44 bits per heavy atom. The number of carbonyl (C=O) groups excluding carboxylic acids is 2. The lowest BCUT2D eigenvalue weighted by molar-refractivity contribution is -0.384. The smallest absolute Gasteiger partial charge is 0.355 e. The van der Waals surface area contributed by atoms with E-state index in [0.717, 1.165) is 10.9 Å². The summed E-state index contributed by atoms with van der Waals surface area (Å²) in [6.45, 7) is 1.72. The molecule has 1 atom stereocenters. The van der Waals surface area contributed by atoms with Crippen molar-refractivity contribution in [3.63, 3.8) is 0 Å². The van der Waals surface area contributed by atoms with Crippen molar-refractivity contribution in [3.05, 3.63) is 106 Å². The van der Waals surface area contributed by atoms with E-state index in [1.54, 1.807) is 49.4 Å². The Hall–Kier alpha value is -4.46. The van der Waals surface area contributed by atoms with Gasteiger partial charge in [0, 0.05) is 22.5 Å². The van der Waals surface area contributed by atoms with Crippen molar-refractivity contribution in [2.24, 2.45) is 0 Å². The van der Waals surface area contributed by atoms with Crippen LogP contribution in [0, 0.1) is 17.0 Å². The molecule has 0 radical (unpaired) electrons. The number of H-pyrrole nitrogens is 1. The predicted molar refractivity (Wildman–Crippen MR) is 119 cm³/mol. The Morgan fingerprint density at radius 1 is 1.00 bits per heavy atom. The van der Waals surface area contributed by atoms with Gasteiger partial charge in [0.1, 0.15) is 11.4 Å². The average Bonchev–Trinajstić information content (AvgIpc) is 3.23. The molecule has 160 valence electrons. The highest BCUT2D eigenvalue weighted by molar-refractivity contribution is 6.00. The molecule has 4 rings (SSSR count). The first-order chi connectivity index (χ1) is 15.4. The molecule has 1 aromatic heterocycles. The Kier molecular flexibility index (Phi) is 5.67. The molecule has 8 nitrogen and oxygen atoms in total. The summed E-state index contributed by atoms with van der Waals surface area (Å²) in [6.07, 6.45) is -1.31. The normalized spacial score (nSPS) is 11.7. The van der Waals surface area contributed by atoms with Crippen molar-refractivity contribution < 1.29 is 19.2 Å². The number of aromatic amines is 1. The molecule has 0 bridgehead atoms. The Bertz CT molecular complexity index is 1280. The highest BCUT2D eigenvalue weighted by Gasteiger charge is 2.28. The number of ether oxygens (including phenoxy) is 1. The van der Waals surface area contributed by atoms with Gasteiger partial charge in [0.2, 0.25) is 6.10 Å². The number of nitro benzene ring substituents is 1. The van der Waals surface area contributed by atoms with Crippen molar-refractivity contribution in [2.45, 2.75) is 13.0 Å². The van der Waals surface area contributed by atoms with Crippen LogP contribution in [0.15, 0.2) is 78.9 Å². The third-order valence-corrected chi connectivity index (χ3v) is 4.92. The molecule has 2 N–H and O–H groups in total. The molecule has 4 aromatic rings. The highest BCUT2D eigenvalue weighted by atomic mass is 16.6. The van der Waals surface area contributed by atoms with E-state index in [1.165, 1.54) is 12.1 Å². The summed E-state index contributed by atoms with van der Waals surface area (Å²) in [6, 6.07) is 21.9. The van der Waals surface area contributed by atoms with Crippen LogP contribution in [0.3, 0.4) is 0 Å². The number of nitrogens with one attached hydrogen (secondary N) is 2. The molecular weight excluding hydrogens is 410 g/mol. The standard InChI is InChI=1S/C24H19N3O5/c1-15-11-12-19(21(13-15)27(30)31)26-23(28)22(16-7-3-2-4-8-16)32-24(29)20-14-17-9-5-6-10-18(17)25-20/h2-14,22,25H,1H3,(H,26,28). The summed E-state index contributed by atoms with van der Waals surface area (Å²) in [5.41, 5.74) is 1.85. The number of nitro groups is 1. The number of esters is 1. The number of rotatable bonds is 6. The van der Waals surface area contributed by atoms with Gasteiger partial charge in [0.05, 0.1) is 4.92 Å². The van der Waals surface area contributed by atoms with E-state index in [4.69, 9.17) is 4.74 Å². The van der Waals surface area contributed by atoms with Crippen LogP contribution in [-0.4, -0.2) is 21.8 Å². The largest absolute Gasteiger partial charge is 0.443 e. The fourth-order valence-electron chi connectivity index (χ4n) is 3.35. The number of benzene rings is 3. The van der Waals surface area contributed by atoms with Gasteiger partial charge >= 0.3 is 5.97 Å². The summed E-state index contributed by atoms with van der Waals surface area (Å²) in [7, 11) is 0. The topological polar surface area (TPSA) is 114 Å². The molecule has 0 fully saturated rings. The molecule has 0 aliphatic heterocycles. The number of hydrogen-bond acceptors (Lipinski definition) is 5. The molecule has 0 saturated heterocycles. The van der Waals surface area contributed by atoms with Crippen molar-refractivity contribution in [2.75, 3.05) is 5.32 Å². The van der Waals surface area contributed by atoms with E-state index >= 15 is 0 Å². The lowest BCUT2D eigenvalue weighted by Gasteiger charge is -2.18. The fourth-order valence-corrected chi connectivity index (χ4v) is 3.35. The zero-order valence-electron chi connectivity index (χ0n) is 17.1. The number of hydrogen-bond donors (Lipinski definition) is 2. The SMILES string of the molecule is Cc1ccc(NC(=O)C(OC(=O)c2cc3ccccc3[nH]2)c2ccccc2)c([N+](=O)[O-])c1. The maximum Gasteiger partial charge on any atom is 0.355 e. The highest BCUT2D eigenvalue weighted by Crippen LogP contribution is 2.28. The summed E-state index contributed by atoms with van der Waals surface area (Å²) >= 11 is 0. The van der Waals surface area contributed by atoms with Crippen LogP contribution in [0.4, 0.5) is 11.4 Å². The molecule has 32 heavy (non-hydrogen) atoms. The zero-order valence-corrected chi connectivity index (χ0v) is 17.1. The molecule has 1 unspecified atom stereocenters. The van der Waals surface area contributed by atoms with Gasteiger partial charge in [-0.2, -0.15) is 0 Å². The van der Waals surface area contributed by atoms with Crippen molar-refractivity contribution in [1.82, 2.24) is 4.98 Å². The van der Waals surface area contributed by atoms with Gasteiger partial charge in [0.25, 0.3) is 11.6 Å². The van der Waals surface area contributed by atoms with Crippen molar-refractivity contribution >= 4 is 34.2 Å². The number of nitrogens with zero attached hydrogens (tertiary/aromatic N) is 1.